The number of carbonyl (C=O) groups excluding carboxylic acids is 1. The average molecular weight is 504 g/mol. The van der Waals surface area contributed by atoms with Gasteiger partial charge in [0.15, 0.2) is 11.6 Å². The van der Waals surface area contributed by atoms with Crippen molar-refractivity contribution in [2.45, 2.75) is 31.7 Å². The van der Waals surface area contributed by atoms with Crippen LogP contribution in [0.1, 0.15) is 50.9 Å². The van der Waals surface area contributed by atoms with Gasteiger partial charge in [-0.3, -0.25) is 9.78 Å². The van der Waals surface area contributed by atoms with Gasteiger partial charge in [-0.2, -0.15) is 0 Å². The van der Waals surface area contributed by atoms with Gasteiger partial charge in [-0.05, 0) is 60.0 Å². The Bertz CT molecular complexity index is 1330. The molecule has 7 nitrogen and oxygen atoms in total. The zero-order valence-corrected chi connectivity index (χ0v) is 18.9. The second-order valence-corrected chi connectivity index (χ2v) is 8.03. The second-order valence-electron chi connectivity index (χ2n) is 8.03. The molecule has 1 unspecified atom stereocenters. The molecule has 2 N–H and O–H groups in total. The number of aromatic nitrogens is 1. The lowest BCUT2D eigenvalue weighted by atomic mass is 9.81. The first-order valence-corrected chi connectivity index (χ1v) is 10.9. The van der Waals surface area contributed by atoms with Gasteiger partial charge in [0.2, 0.25) is 0 Å². The van der Waals surface area contributed by atoms with E-state index in [1.165, 1.54) is 30.5 Å². The van der Waals surface area contributed by atoms with Crippen molar-refractivity contribution in [2.24, 2.45) is 0 Å². The Morgan fingerprint density at radius 1 is 1.19 bits per heavy atom. The van der Waals surface area contributed by atoms with Crippen LogP contribution in [0.3, 0.4) is 0 Å². The first kappa shape index (κ1) is 25.0. The molecule has 1 amide bonds. The molecule has 188 valence electrons. The Kier molecular flexibility index (Phi) is 6.57. The number of nitrogens with one attached hydrogen (secondary N) is 1. The maximum absolute atomic E-state index is 14.7. The Morgan fingerprint density at radius 2 is 1.97 bits per heavy atom. The first-order chi connectivity index (χ1) is 17.0. The molecule has 2 aromatic carbocycles. The summed E-state index contributed by atoms with van der Waals surface area (Å²) in [6, 6.07) is 10.3. The average Bonchev–Trinajstić information content (AvgIpc) is 2.84. The van der Waals surface area contributed by atoms with Crippen LogP contribution in [0.4, 0.5) is 17.6 Å². The molecule has 1 atom stereocenters. The van der Waals surface area contributed by atoms with Crippen LogP contribution >= 0.6 is 0 Å². The maximum Gasteiger partial charge on any atom is 0.573 e. The molecule has 11 heteroatoms. The highest BCUT2D eigenvalue weighted by molar-refractivity contribution is 5.97. The maximum atomic E-state index is 14.7. The number of alkyl halides is 3. The van der Waals surface area contributed by atoms with Crippen LogP contribution < -0.4 is 14.8 Å². The number of fused-ring (bicyclic) bond motifs is 1. The van der Waals surface area contributed by atoms with Gasteiger partial charge in [0.25, 0.3) is 5.91 Å². The molecule has 0 spiro atoms. The van der Waals surface area contributed by atoms with Gasteiger partial charge in [-0.25, -0.2) is 9.18 Å². The summed E-state index contributed by atoms with van der Waals surface area (Å²) >= 11 is 0. The van der Waals surface area contributed by atoms with Crippen LogP contribution in [-0.2, 0) is 12.0 Å². The highest BCUT2D eigenvalue weighted by Gasteiger charge is 2.43. The number of pyridine rings is 1. The molecule has 0 bridgehead atoms. The van der Waals surface area contributed by atoms with Crippen molar-refractivity contribution in [3.63, 3.8) is 0 Å². The summed E-state index contributed by atoms with van der Waals surface area (Å²) in [6.07, 6.45) is -3.18. The predicted octanol–water partition coefficient (Wildman–Crippen LogP) is 4.84. The number of halogens is 4. The fourth-order valence-corrected chi connectivity index (χ4v) is 4.21. The Hall–Kier alpha value is -4.15. The Balaban J connectivity index is 1.80. The molecule has 0 saturated heterocycles. The molecule has 2 heterocycles. The minimum atomic E-state index is -5.08. The van der Waals surface area contributed by atoms with E-state index in [9.17, 15) is 32.3 Å². The molecule has 0 radical (unpaired) electrons. The molecule has 1 aliphatic rings. The van der Waals surface area contributed by atoms with Gasteiger partial charge in [-0.15, -0.1) is 13.2 Å². The van der Waals surface area contributed by atoms with E-state index in [1.807, 2.05) is 0 Å². The van der Waals surface area contributed by atoms with Gasteiger partial charge < -0.3 is 19.9 Å². The van der Waals surface area contributed by atoms with Gasteiger partial charge in [0.05, 0.1) is 12.2 Å². The zero-order valence-electron chi connectivity index (χ0n) is 18.9. The van der Waals surface area contributed by atoms with E-state index in [0.717, 1.165) is 12.1 Å². The monoisotopic (exact) mass is 504 g/mol. The van der Waals surface area contributed by atoms with Gasteiger partial charge >= 0.3 is 12.3 Å². The molecule has 1 aliphatic heterocycles. The summed E-state index contributed by atoms with van der Waals surface area (Å²) in [5.74, 6) is -3.72. The van der Waals surface area contributed by atoms with Gasteiger partial charge in [0.1, 0.15) is 17.0 Å². The van der Waals surface area contributed by atoms with Crippen molar-refractivity contribution < 1.29 is 41.7 Å². The van der Waals surface area contributed by atoms with E-state index < -0.39 is 35.3 Å². The molecular formula is C25H20F4N2O5. The summed E-state index contributed by atoms with van der Waals surface area (Å²) in [6.45, 7) is 1.84. The number of hydrogen-bond donors (Lipinski definition) is 2. The minimum Gasteiger partial charge on any atom is -0.491 e. The van der Waals surface area contributed by atoms with Gasteiger partial charge in [-0.1, -0.05) is 13.0 Å². The summed E-state index contributed by atoms with van der Waals surface area (Å²) < 4.78 is 62.0. The van der Waals surface area contributed by atoms with Crippen molar-refractivity contribution >= 4 is 11.9 Å². The van der Waals surface area contributed by atoms with Gasteiger partial charge in [0, 0.05) is 18.2 Å². The summed E-state index contributed by atoms with van der Waals surface area (Å²) in [5, 5.41) is 12.2. The van der Waals surface area contributed by atoms with Crippen molar-refractivity contribution in [2.75, 3.05) is 6.61 Å². The number of hydrogen-bond acceptors (Lipinski definition) is 5. The number of ether oxygens (including phenoxy) is 2. The number of carboxylic acid groups (broad SMARTS) is 1. The van der Waals surface area contributed by atoms with E-state index in [0.29, 0.717) is 17.7 Å². The number of benzene rings is 2. The van der Waals surface area contributed by atoms with Crippen LogP contribution in [0.5, 0.6) is 11.5 Å². The van der Waals surface area contributed by atoms with Crippen molar-refractivity contribution in [1.29, 1.82) is 0 Å². The molecule has 1 aromatic heterocycles. The van der Waals surface area contributed by atoms with Crippen molar-refractivity contribution in [3.05, 3.63) is 88.5 Å². The third kappa shape index (κ3) is 4.81. The van der Waals surface area contributed by atoms with Crippen LogP contribution in [0.2, 0.25) is 0 Å². The largest absolute Gasteiger partial charge is 0.573 e. The molecule has 3 aromatic rings. The lowest BCUT2D eigenvalue weighted by Gasteiger charge is -2.39. The number of aryl methyl sites for hydroxylation is 1. The van der Waals surface area contributed by atoms with E-state index in [2.05, 4.69) is 15.0 Å². The van der Waals surface area contributed by atoms with E-state index in [-0.39, 0.29) is 35.4 Å². The van der Waals surface area contributed by atoms with E-state index >= 15 is 0 Å². The predicted molar refractivity (Wildman–Crippen MR) is 118 cm³/mol. The molecule has 4 rings (SSSR count). The molecule has 0 saturated carbocycles. The fourth-order valence-electron chi connectivity index (χ4n) is 4.21. The molecular weight excluding hydrogens is 484 g/mol. The number of amides is 1. The number of rotatable bonds is 6. The van der Waals surface area contributed by atoms with E-state index in [1.54, 1.807) is 19.1 Å². The lowest BCUT2D eigenvalue weighted by molar-refractivity contribution is -0.275. The Morgan fingerprint density at radius 3 is 2.64 bits per heavy atom. The number of carbonyl (C=O) groups is 2. The van der Waals surface area contributed by atoms with Crippen molar-refractivity contribution in [1.82, 2.24) is 10.3 Å². The smallest absolute Gasteiger partial charge is 0.491 e. The second kappa shape index (κ2) is 9.48. The zero-order chi connectivity index (χ0) is 26.1. The molecule has 0 fully saturated rings. The van der Waals surface area contributed by atoms with Crippen molar-refractivity contribution in [3.8, 4) is 11.5 Å². The minimum absolute atomic E-state index is 0.0594. The number of nitrogens with zero attached hydrogens (tertiary/aromatic N) is 1. The van der Waals surface area contributed by atoms with E-state index in [4.69, 9.17) is 4.74 Å². The van der Waals surface area contributed by atoms with Crippen LogP contribution in [0.15, 0.2) is 54.7 Å². The molecule has 36 heavy (non-hydrogen) atoms. The number of carboxylic acids is 1. The number of aromatic carboxylic acids is 1. The van der Waals surface area contributed by atoms with Crippen LogP contribution in [-0.4, -0.2) is 34.9 Å². The highest BCUT2D eigenvalue weighted by atomic mass is 19.4. The standard InChI is InChI=1S/C25H20F4N2O5/c1-2-14-12-15(5-7-17(14)23(33)34)22(32)31-24(9-11-35-20-4-3-10-30-21(20)24)16-6-8-19(18(26)13-16)36-25(27,28)29/h3-8,10,12-13H,2,9,11H2,1H3,(H,31,32)(H,33,34). The summed E-state index contributed by atoms with van der Waals surface area (Å²) in [5.41, 5.74) is -0.437. The Labute approximate surface area is 202 Å². The summed E-state index contributed by atoms with van der Waals surface area (Å²) in [4.78, 5) is 29.2. The normalized spacial score (nSPS) is 17.0. The summed E-state index contributed by atoms with van der Waals surface area (Å²) in [7, 11) is 0. The third-order valence-corrected chi connectivity index (χ3v) is 5.87. The van der Waals surface area contributed by atoms with Crippen LogP contribution in [0, 0.1) is 5.82 Å². The van der Waals surface area contributed by atoms with Crippen LogP contribution in [0.25, 0.3) is 0 Å². The fraction of sp³-hybridized carbons (Fsp3) is 0.240. The quantitative estimate of drug-likeness (QED) is 0.467. The first-order valence-electron chi connectivity index (χ1n) is 10.9. The molecule has 0 aliphatic carbocycles. The highest BCUT2D eigenvalue weighted by Crippen LogP contribution is 2.42. The lowest BCUT2D eigenvalue weighted by Crippen LogP contribution is -2.50. The third-order valence-electron chi connectivity index (χ3n) is 5.87. The topological polar surface area (TPSA) is 97.8 Å². The SMILES string of the molecule is CCc1cc(C(=O)NC2(c3ccc(OC(F)(F)F)c(F)c3)CCOc3cccnc32)ccc1C(=O)O.